The summed E-state index contributed by atoms with van der Waals surface area (Å²) in [4.78, 5) is 35.6. The Bertz CT molecular complexity index is 833. The number of hydrogen-bond acceptors (Lipinski definition) is 4. The number of amides is 3. The van der Waals surface area contributed by atoms with E-state index in [1.165, 1.54) is 0 Å². The van der Waals surface area contributed by atoms with Crippen LogP contribution in [-0.2, 0) is 21.5 Å². The van der Waals surface area contributed by atoms with E-state index in [4.69, 9.17) is 4.74 Å². The second kappa shape index (κ2) is 7.00. The Morgan fingerprint density at radius 2 is 1.73 bits per heavy atom. The molecule has 2 unspecified atom stereocenters. The number of benzene rings is 2. The van der Waals surface area contributed by atoms with Crippen LogP contribution in [0.3, 0.4) is 0 Å². The summed E-state index contributed by atoms with van der Waals surface area (Å²) in [6.45, 7) is 3.46. The summed E-state index contributed by atoms with van der Waals surface area (Å²) in [5, 5.41) is 4.80. The van der Waals surface area contributed by atoms with Crippen molar-refractivity contribution in [2.24, 2.45) is 0 Å². The van der Waals surface area contributed by atoms with Gasteiger partial charge in [0.25, 0.3) is 5.91 Å². The molecular formula is C20H20N2O4. The molecule has 0 aliphatic carbocycles. The minimum atomic E-state index is -1.14. The van der Waals surface area contributed by atoms with E-state index in [0.29, 0.717) is 17.5 Å². The maximum Gasteiger partial charge on any atom is 0.338 e. The number of imide groups is 1. The standard InChI is InChI=1S/C20H20N2O4/c1-13(12-14-6-4-3-5-7-14)26-17(23)15-8-10-16(11-9-15)20(2)18(24)21-19(25)22-20/h3-11,13H,12H2,1-2H3,(H2,21,22,24,25). The molecule has 0 radical (unpaired) electrons. The third-order valence-corrected chi connectivity index (χ3v) is 4.42. The van der Waals surface area contributed by atoms with E-state index in [2.05, 4.69) is 10.6 Å². The maximum absolute atomic E-state index is 12.3. The molecule has 2 aromatic rings. The van der Waals surface area contributed by atoms with E-state index in [-0.39, 0.29) is 6.10 Å². The molecule has 26 heavy (non-hydrogen) atoms. The molecule has 0 spiro atoms. The van der Waals surface area contributed by atoms with Gasteiger partial charge in [0.15, 0.2) is 0 Å². The Balaban J connectivity index is 1.65. The molecule has 0 aromatic heterocycles. The highest BCUT2D eigenvalue weighted by Gasteiger charge is 2.43. The second-order valence-corrected chi connectivity index (χ2v) is 6.52. The summed E-state index contributed by atoms with van der Waals surface area (Å²) in [6, 6.07) is 15.7. The molecule has 134 valence electrons. The molecule has 6 nitrogen and oxygen atoms in total. The Labute approximate surface area is 151 Å². The molecule has 0 bridgehead atoms. The molecule has 3 amide bonds. The fourth-order valence-corrected chi connectivity index (χ4v) is 2.92. The molecule has 2 atom stereocenters. The Kier molecular flexibility index (Phi) is 4.75. The van der Waals surface area contributed by atoms with Crippen molar-refractivity contribution < 1.29 is 19.1 Å². The monoisotopic (exact) mass is 352 g/mol. The van der Waals surface area contributed by atoms with Gasteiger partial charge in [0.05, 0.1) is 5.56 Å². The number of carbonyl (C=O) groups is 3. The molecule has 1 heterocycles. The SMILES string of the molecule is CC(Cc1ccccc1)OC(=O)c1ccc(C2(C)NC(=O)NC2=O)cc1. The molecular weight excluding hydrogens is 332 g/mol. The van der Waals surface area contributed by atoms with Gasteiger partial charge in [-0.15, -0.1) is 0 Å². The van der Waals surface area contributed by atoms with Crippen LogP contribution in [0, 0.1) is 0 Å². The highest BCUT2D eigenvalue weighted by molar-refractivity contribution is 6.07. The highest BCUT2D eigenvalue weighted by atomic mass is 16.5. The molecule has 3 rings (SSSR count). The van der Waals surface area contributed by atoms with E-state index < -0.39 is 23.4 Å². The number of rotatable bonds is 5. The van der Waals surface area contributed by atoms with Crippen molar-refractivity contribution in [3.63, 3.8) is 0 Å². The molecule has 1 aliphatic heterocycles. The minimum absolute atomic E-state index is 0.262. The van der Waals surface area contributed by atoms with Crippen molar-refractivity contribution in [2.45, 2.75) is 31.9 Å². The zero-order chi connectivity index (χ0) is 18.7. The molecule has 6 heteroatoms. The van der Waals surface area contributed by atoms with Gasteiger partial charge >= 0.3 is 12.0 Å². The first-order valence-electron chi connectivity index (χ1n) is 8.37. The number of nitrogens with one attached hydrogen (secondary N) is 2. The summed E-state index contributed by atoms with van der Waals surface area (Å²) in [6.07, 6.45) is 0.372. The lowest BCUT2D eigenvalue weighted by atomic mass is 9.91. The second-order valence-electron chi connectivity index (χ2n) is 6.52. The largest absolute Gasteiger partial charge is 0.459 e. The maximum atomic E-state index is 12.3. The van der Waals surface area contributed by atoms with Crippen LogP contribution in [0.15, 0.2) is 54.6 Å². The summed E-state index contributed by atoms with van der Waals surface area (Å²) >= 11 is 0. The molecule has 2 N–H and O–H groups in total. The van der Waals surface area contributed by atoms with Crippen LogP contribution in [0.25, 0.3) is 0 Å². The van der Waals surface area contributed by atoms with Gasteiger partial charge in [-0.25, -0.2) is 9.59 Å². The van der Waals surface area contributed by atoms with Crippen LogP contribution >= 0.6 is 0 Å². The summed E-state index contributed by atoms with van der Waals surface area (Å²) in [5.41, 5.74) is 0.941. The molecule has 1 aliphatic rings. The zero-order valence-corrected chi connectivity index (χ0v) is 14.6. The lowest BCUT2D eigenvalue weighted by Crippen LogP contribution is -2.40. The van der Waals surface area contributed by atoms with Crippen molar-refractivity contribution in [3.8, 4) is 0 Å². The van der Waals surface area contributed by atoms with Gasteiger partial charge in [-0.3, -0.25) is 10.1 Å². The predicted molar refractivity (Wildman–Crippen MR) is 95.5 cm³/mol. The van der Waals surface area contributed by atoms with Gasteiger partial charge in [0.1, 0.15) is 11.6 Å². The zero-order valence-electron chi connectivity index (χ0n) is 14.6. The normalized spacial score (nSPS) is 20.2. The molecule has 1 fully saturated rings. The topological polar surface area (TPSA) is 84.5 Å². The summed E-state index contributed by atoms with van der Waals surface area (Å²) in [7, 11) is 0. The first-order valence-corrected chi connectivity index (χ1v) is 8.37. The Morgan fingerprint density at radius 1 is 1.08 bits per heavy atom. The average molecular weight is 352 g/mol. The van der Waals surface area contributed by atoms with Crippen molar-refractivity contribution >= 4 is 17.9 Å². The van der Waals surface area contributed by atoms with Gasteiger partial charge < -0.3 is 10.1 Å². The van der Waals surface area contributed by atoms with Gasteiger partial charge in [-0.05, 0) is 37.1 Å². The molecule has 0 saturated carbocycles. The van der Waals surface area contributed by atoms with Crippen molar-refractivity contribution in [3.05, 3.63) is 71.3 Å². The van der Waals surface area contributed by atoms with Crippen molar-refractivity contribution in [2.75, 3.05) is 0 Å². The number of urea groups is 1. The average Bonchev–Trinajstić information content (AvgIpc) is 2.88. The minimum Gasteiger partial charge on any atom is -0.459 e. The van der Waals surface area contributed by atoms with Crippen molar-refractivity contribution in [1.29, 1.82) is 0 Å². The fourth-order valence-electron chi connectivity index (χ4n) is 2.92. The van der Waals surface area contributed by atoms with Crippen LogP contribution in [-0.4, -0.2) is 24.0 Å². The fraction of sp³-hybridized carbons (Fsp3) is 0.250. The molecule has 1 saturated heterocycles. The lowest BCUT2D eigenvalue weighted by molar-refractivity contribution is -0.123. The summed E-state index contributed by atoms with van der Waals surface area (Å²) < 4.78 is 5.48. The Hall–Kier alpha value is -3.15. The van der Waals surface area contributed by atoms with E-state index in [1.54, 1.807) is 31.2 Å². The first kappa shape index (κ1) is 17.7. The van der Waals surface area contributed by atoms with Crippen LogP contribution in [0.4, 0.5) is 4.79 Å². The Morgan fingerprint density at radius 3 is 2.31 bits per heavy atom. The van der Waals surface area contributed by atoms with Gasteiger partial charge in [0.2, 0.25) is 0 Å². The third kappa shape index (κ3) is 3.59. The van der Waals surface area contributed by atoms with E-state index in [9.17, 15) is 14.4 Å². The smallest absolute Gasteiger partial charge is 0.338 e. The van der Waals surface area contributed by atoms with E-state index in [0.717, 1.165) is 5.56 Å². The highest BCUT2D eigenvalue weighted by Crippen LogP contribution is 2.24. The third-order valence-electron chi connectivity index (χ3n) is 4.42. The first-order chi connectivity index (χ1) is 12.4. The van der Waals surface area contributed by atoms with Crippen LogP contribution in [0.2, 0.25) is 0 Å². The quantitative estimate of drug-likeness (QED) is 0.640. The number of hydrogen-bond donors (Lipinski definition) is 2. The van der Waals surface area contributed by atoms with Crippen LogP contribution in [0.5, 0.6) is 0 Å². The lowest BCUT2D eigenvalue weighted by Gasteiger charge is -2.21. The van der Waals surface area contributed by atoms with Gasteiger partial charge in [-0.2, -0.15) is 0 Å². The summed E-state index contributed by atoms with van der Waals surface area (Å²) in [5.74, 6) is -0.848. The molecule has 2 aromatic carbocycles. The van der Waals surface area contributed by atoms with Gasteiger partial charge in [0, 0.05) is 6.42 Å². The number of ether oxygens (including phenoxy) is 1. The van der Waals surface area contributed by atoms with Crippen LogP contribution < -0.4 is 10.6 Å². The number of carbonyl (C=O) groups excluding carboxylic acids is 3. The number of esters is 1. The van der Waals surface area contributed by atoms with E-state index in [1.807, 2.05) is 37.3 Å². The van der Waals surface area contributed by atoms with Gasteiger partial charge in [-0.1, -0.05) is 42.5 Å². The predicted octanol–water partition coefficient (Wildman–Crippen LogP) is 2.53. The van der Waals surface area contributed by atoms with Crippen molar-refractivity contribution in [1.82, 2.24) is 10.6 Å². The van der Waals surface area contributed by atoms with E-state index >= 15 is 0 Å². The van der Waals surface area contributed by atoms with Crippen LogP contribution in [0.1, 0.15) is 35.3 Å².